The highest BCUT2D eigenvalue weighted by atomic mass is 16.7. The lowest BCUT2D eigenvalue weighted by Crippen LogP contribution is -2.36. The zero-order valence-electron chi connectivity index (χ0n) is 15.2. The highest BCUT2D eigenvalue weighted by Crippen LogP contribution is 2.36. The van der Waals surface area contributed by atoms with Crippen molar-refractivity contribution in [2.45, 2.75) is 19.3 Å². The highest BCUT2D eigenvalue weighted by Gasteiger charge is 2.24. The summed E-state index contributed by atoms with van der Waals surface area (Å²) in [5.41, 5.74) is 1.10. The molecule has 2 aliphatic rings. The zero-order valence-corrected chi connectivity index (χ0v) is 15.2. The molecular formula is C19H24N4O3. The molecule has 2 aliphatic heterocycles. The molecule has 3 heterocycles. The van der Waals surface area contributed by atoms with Crippen LogP contribution in [-0.2, 0) is 10.2 Å². The molecule has 2 aromatic rings. The maximum Gasteiger partial charge on any atom is 0.231 e. The number of nitrogens with one attached hydrogen (secondary N) is 1. The van der Waals surface area contributed by atoms with Crippen molar-refractivity contribution in [1.29, 1.82) is 0 Å². The van der Waals surface area contributed by atoms with Crippen molar-refractivity contribution in [1.82, 2.24) is 9.97 Å². The molecule has 0 radical (unpaired) electrons. The average molecular weight is 356 g/mol. The number of nitrogens with zero attached hydrogens (tertiary/aromatic N) is 3. The fourth-order valence-corrected chi connectivity index (χ4v) is 3.14. The minimum absolute atomic E-state index is 0.0922. The first kappa shape index (κ1) is 16.9. The zero-order chi connectivity index (χ0) is 18.0. The third-order valence-corrected chi connectivity index (χ3v) is 4.85. The summed E-state index contributed by atoms with van der Waals surface area (Å²) in [6, 6.07) is 8.12. The Morgan fingerprint density at radius 3 is 2.73 bits per heavy atom. The van der Waals surface area contributed by atoms with Crippen molar-refractivity contribution in [2.75, 3.05) is 49.9 Å². The molecule has 1 N–H and O–H groups in total. The van der Waals surface area contributed by atoms with Crippen molar-refractivity contribution in [2.24, 2.45) is 0 Å². The Balaban J connectivity index is 1.44. The molecule has 0 atom stereocenters. The predicted molar refractivity (Wildman–Crippen MR) is 99.1 cm³/mol. The van der Waals surface area contributed by atoms with Gasteiger partial charge in [-0.05, 0) is 17.7 Å². The Kier molecular flexibility index (Phi) is 4.55. The van der Waals surface area contributed by atoms with E-state index in [9.17, 15) is 0 Å². The number of fused-ring (bicyclic) bond motifs is 1. The van der Waals surface area contributed by atoms with Crippen molar-refractivity contribution in [3.63, 3.8) is 0 Å². The Hall–Kier alpha value is -2.54. The van der Waals surface area contributed by atoms with Crippen LogP contribution in [0.1, 0.15) is 19.4 Å². The summed E-state index contributed by atoms with van der Waals surface area (Å²) in [6.45, 7) is 8.63. The van der Waals surface area contributed by atoms with Crippen LogP contribution in [0, 0.1) is 0 Å². The third kappa shape index (κ3) is 3.53. The molecule has 0 unspecified atom stereocenters. The highest BCUT2D eigenvalue weighted by molar-refractivity contribution is 5.50. The van der Waals surface area contributed by atoms with Gasteiger partial charge in [-0.1, -0.05) is 19.9 Å². The van der Waals surface area contributed by atoms with Crippen molar-refractivity contribution >= 4 is 11.6 Å². The van der Waals surface area contributed by atoms with Crippen LogP contribution >= 0.6 is 0 Å². The largest absolute Gasteiger partial charge is 0.454 e. The fraction of sp³-hybridized carbons (Fsp3) is 0.474. The molecule has 1 aromatic heterocycles. The van der Waals surface area contributed by atoms with E-state index < -0.39 is 0 Å². The first-order valence-corrected chi connectivity index (χ1v) is 8.91. The molecule has 0 spiro atoms. The summed E-state index contributed by atoms with van der Waals surface area (Å²) < 4.78 is 16.3. The van der Waals surface area contributed by atoms with Gasteiger partial charge in [-0.15, -0.1) is 0 Å². The van der Waals surface area contributed by atoms with E-state index in [2.05, 4.69) is 46.2 Å². The molecule has 0 aliphatic carbocycles. The second-order valence-corrected chi connectivity index (χ2v) is 7.17. The molecule has 1 fully saturated rings. The standard InChI is InChI=1S/C19H24N4O3/c1-19(2,14-3-4-15-16(9-14)26-13-25-15)11-20-17-10-18(22-12-21-17)23-5-7-24-8-6-23/h3-4,9-10,12H,5-8,11,13H2,1-2H3,(H,20,21,22). The van der Waals surface area contributed by atoms with E-state index >= 15 is 0 Å². The summed E-state index contributed by atoms with van der Waals surface area (Å²) in [5, 5.41) is 3.45. The number of morpholine rings is 1. The van der Waals surface area contributed by atoms with Gasteiger partial charge in [0.25, 0.3) is 0 Å². The summed E-state index contributed by atoms with van der Waals surface area (Å²) >= 11 is 0. The van der Waals surface area contributed by atoms with Gasteiger partial charge in [0.15, 0.2) is 11.5 Å². The second kappa shape index (κ2) is 6.99. The van der Waals surface area contributed by atoms with Crippen LogP contribution in [0.25, 0.3) is 0 Å². The van der Waals surface area contributed by atoms with E-state index in [-0.39, 0.29) is 5.41 Å². The van der Waals surface area contributed by atoms with Gasteiger partial charge in [-0.25, -0.2) is 9.97 Å². The van der Waals surface area contributed by atoms with Gasteiger partial charge >= 0.3 is 0 Å². The van der Waals surface area contributed by atoms with E-state index in [0.29, 0.717) is 6.79 Å². The van der Waals surface area contributed by atoms with Crippen LogP contribution in [0.2, 0.25) is 0 Å². The molecule has 7 heteroatoms. The number of hydrogen-bond donors (Lipinski definition) is 1. The molecule has 138 valence electrons. The van der Waals surface area contributed by atoms with E-state index in [1.165, 1.54) is 5.56 Å². The Bertz CT molecular complexity index is 775. The molecule has 7 nitrogen and oxygen atoms in total. The van der Waals surface area contributed by atoms with Gasteiger partial charge < -0.3 is 24.4 Å². The Morgan fingerprint density at radius 1 is 1.08 bits per heavy atom. The SMILES string of the molecule is CC(C)(CNc1cc(N2CCOCC2)ncn1)c1ccc2c(c1)OCO2. The van der Waals surface area contributed by atoms with Crippen LogP contribution in [0.15, 0.2) is 30.6 Å². The Morgan fingerprint density at radius 2 is 1.88 bits per heavy atom. The monoisotopic (exact) mass is 356 g/mol. The van der Waals surface area contributed by atoms with Crippen LogP contribution in [0.4, 0.5) is 11.6 Å². The van der Waals surface area contributed by atoms with E-state index in [1.54, 1.807) is 6.33 Å². The molecular weight excluding hydrogens is 332 g/mol. The minimum Gasteiger partial charge on any atom is -0.454 e. The number of anilines is 2. The summed E-state index contributed by atoms with van der Waals surface area (Å²) in [7, 11) is 0. The van der Waals surface area contributed by atoms with Gasteiger partial charge in [-0.3, -0.25) is 0 Å². The molecule has 1 saturated heterocycles. The van der Waals surface area contributed by atoms with Crippen molar-refractivity contribution in [3.05, 3.63) is 36.2 Å². The second-order valence-electron chi connectivity index (χ2n) is 7.17. The minimum atomic E-state index is -0.0922. The number of hydrogen-bond acceptors (Lipinski definition) is 7. The van der Waals surface area contributed by atoms with Crippen LogP contribution in [-0.4, -0.2) is 49.6 Å². The number of rotatable bonds is 5. The van der Waals surface area contributed by atoms with Gasteiger partial charge in [0.05, 0.1) is 13.2 Å². The molecule has 26 heavy (non-hydrogen) atoms. The quantitative estimate of drug-likeness (QED) is 0.882. The lowest BCUT2D eigenvalue weighted by Gasteiger charge is -2.28. The average Bonchev–Trinajstić information content (AvgIpc) is 3.15. The molecule has 4 rings (SSSR count). The van der Waals surface area contributed by atoms with E-state index in [1.807, 2.05) is 12.1 Å². The lowest BCUT2D eigenvalue weighted by atomic mass is 9.84. The number of aromatic nitrogens is 2. The predicted octanol–water partition coefficient (Wildman–Crippen LogP) is 2.43. The molecule has 0 saturated carbocycles. The van der Waals surface area contributed by atoms with Gasteiger partial charge in [-0.2, -0.15) is 0 Å². The van der Waals surface area contributed by atoms with Gasteiger partial charge in [0, 0.05) is 31.1 Å². The first-order valence-electron chi connectivity index (χ1n) is 8.91. The van der Waals surface area contributed by atoms with Gasteiger partial charge in [0.2, 0.25) is 6.79 Å². The molecule has 0 bridgehead atoms. The molecule has 0 amide bonds. The summed E-state index contributed by atoms with van der Waals surface area (Å²) in [4.78, 5) is 11.0. The summed E-state index contributed by atoms with van der Waals surface area (Å²) in [6.07, 6.45) is 1.61. The van der Waals surface area contributed by atoms with Crippen LogP contribution < -0.4 is 19.7 Å². The third-order valence-electron chi connectivity index (χ3n) is 4.85. The fourth-order valence-electron chi connectivity index (χ4n) is 3.14. The van der Waals surface area contributed by atoms with Crippen molar-refractivity contribution in [3.8, 4) is 11.5 Å². The summed E-state index contributed by atoms with van der Waals surface area (Å²) in [5.74, 6) is 3.39. The maximum absolute atomic E-state index is 5.50. The topological polar surface area (TPSA) is 68.7 Å². The maximum atomic E-state index is 5.50. The van der Waals surface area contributed by atoms with E-state index in [4.69, 9.17) is 14.2 Å². The first-order chi connectivity index (χ1) is 12.6. The lowest BCUT2D eigenvalue weighted by molar-refractivity contribution is 0.122. The van der Waals surface area contributed by atoms with Crippen molar-refractivity contribution < 1.29 is 14.2 Å². The number of benzene rings is 1. The van der Waals surface area contributed by atoms with Gasteiger partial charge in [0.1, 0.15) is 18.0 Å². The van der Waals surface area contributed by atoms with Crippen LogP contribution in [0.5, 0.6) is 11.5 Å². The smallest absolute Gasteiger partial charge is 0.231 e. The Labute approximate surface area is 153 Å². The van der Waals surface area contributed by atoms with E-state index in [0.717, 1.165) is 56.0 Å². The number of ether oxygens (including phenoxy) is 3. The van der Waals surface area contributed by atoms with Crippen LogP contribution in [0.3, 0.4) is 0 Å². The molecule has 1 aromatic carbocycles. The normalized spacial score (nSPS) is 16.6.